The number of hydrogen-bond acceptors (Lipinski definition) is 3. The number of nitrogens with one attached hydrogen (secondary N) is 1. The maximum atomic E-state index is 12.0. The minimum absolute atomic E-state index is 0.210. The van der Waals surface area contributed by atoms with E-state index in [-0.39, 0.29) is 5.91 Å². The van der Waals surface area contributed by atoms with Gasteiger partial charge in [0.15, 0.2) is 0 Å². The van der Waals surface area contributed by atoms with E-state index in [1.54, 1.807) is 42.5 Å². The average Bonchev–Trinajstić information content (AvgIpc) is 2.68. The first-order valence-electron chi connectivity index (χ1n) is 8.00. The summed E-state index contributed by atoms with van der Waals surface area (Å²) in [5.74, 6) is -0.210. The van der Waals surface area contributed by atoms with E-state index in [2.05, 4.69) is 15.5 Å². The lowest BCUT2D eigenvalue weighted by atomic mass is 10.2. The third kappa shape index (κ3) is 5.40. The highest BCUT2D eigenvalue weighted by molar-refractivity contribution is 6.30. The molecule has 0 saturated carbocycles. The van der Waals surface area contributed by atoms with Crippen LogP contribution in [0.2, 0.25) is 5.02 Å². The van der Waals surface area contributed by atoms with E-state index < -0.39 is 0 Å². The molecule has 26 heavy (non-hydrogen) atoms. The Hall–Kier alpha value is -3.24. The smallest absolute Gasteiger partial charge is 0.248 e. The first kappa shape index (κ1) is 17.6. The molecule has 0 saturated heterocycles. The monoisotopic (exact) mass is 361 g/mol. The number of carbonyl (C=O) groups is 1. The molecule has 128 valence electrons. The number of rotatable bonds is 5. The SMILES string of the molecule is O=C(C=Cc1ccc(Cl)cc1)Nc1ccc(N=Nc2ccccc2)cc1. The molecule has 0 aliphatic rings. The molecule has 0 unspecified atom stereocenters. The molecule has 0 aromatic heterocycles. The Labute approximate surface area is 156 Å². The summed E-state index contributed by atoms with van der Waals surface area (Å²) in [4.78, 5) is 12.0. The van der Waals surface area contributed by atoms with Gasteiger partial charge in [-0.05, 0) is 60.2 Å². The molecule has 0 atom stereocenters. The van der Waals surface area contributed by atoms with Crippen LogP contribution >= 0.6 is 11.6 Å². The number of nitrogens with zero attached hydrogens (tertiary/aromatic N) is 2. The van der Waals surface area contributed by atoms with Gasteiger partial charge in [0.25, 0.3) is 0 Å². The first-order chi connectivity index (χ1) is 12.7. The van der Waals surface area contributed by atoms with Crippen molar-refractivity contribution in [1.29, 1.82) is 0 Å². The van der Waals surface area contributed by atoms with Gasteiger partial charge in [-0.1, -0.05) is 41.9 Å². The molecule has 3 rings (SSSR count). The zero-order chi connectivity index (χ0) is 18.2. The largest absolute Gasteiger partial charge is 0.323 e. The van der Waals surface area contributed by atoms with Crippen molar-refractivity contribution >= 4 is 40.6 Å². The quantitative estimate of drug-likeness (QED) is 0.414. The number of anilines is 1. The zero-order valence-corrected chi connectivity index (χ0v) is 14.6. The molecular formula is C21H16ClN3O. The molecule has 5 heteroatoms. The van der Waals surface area contributed by atoms with Crippen molar-refractivity contribution in [1.82, 2.24) is 0 Å². The van der Waals surface area contributed by atoms with Gasteiger partial charge in [0.1, 0.15) is 0 Å². The fourth-order valence-electron chi connectivity index (χ4n) is 2.15. The summed E-state index contributed by atoms with van der Waals surface area (Å²) in [6.07, 6.45) is 3.21. The van der Waals surface area contributed by atoms with Crippen molar-refractivity contribution in [2.24, 2.45) is 10.2 Å². The molecule has 0 radical (unpaired) electrons. The maximum Gasteiger partial charge on any atom is 0.248 e. The minimum Gasteiger partial charge on any atom is -0.323 e. The molecule has 0 aliphatic carbocycles. The van der Waals surface area contributed by atoms with Gasteiger partial charge in [0.2, 0.25) is 5.91 Å². The van der Waals surface area contributed by atoms with E-state index in [1.807, 2.05) is 42.5 Å². The molecule has 1 N–H and O–H groups in total. The van der Waals surface area contributed by atoms with Crippen LogP contribution in [-0.2, 0) is 4.79 Å². The second kappa shape index (κ2) is 8.74. The van der Waals surface area contributed by atoms with Gasteiger partial charge in [-0.15, -0.1) is 0 Å². The molecule has 0 aliphatic heterocycles. The van der Waals surface area contributed by atoms with Crippen molar-refractivity contribution in [3.63, 3.8) is 0 Å². The summed E-state index contributed by atoms with van der Waals surface area (Å²) in [6, 6.07) is 23.9. The fourth-order valence-corrected chi connectivity index (χ4v) is 2.28. The Morgan fingerprint density at radius 2 is 1.42 bits per heavy atom. The summed E-state index contributed by atoms with van der Waals surface area (Å²) in [6.45, 7) is 0. The molecular weight excluding hydrogens is 346 g/mol. The van der Waals surface area contributed by atoms with Crippen LogP contribution in [0.25, 0.3) is 6.08 Å². The Morgan fingerprint density at radius 3 is 2.08 bits per heavy atom. The number of amides is 1. The summed E-state index contributed by atoms with van der Waals surface area (Å²) in [7, 11) is 0. The highest BCUT2D eigenvalue weighted by Gasteiger charge is 1.98. The Kier molecular flexibility index (Phi) is 5.91. The molecule has 1 amide bonds. The lowest BCUT2D eigenvalue weighted by molar-refractivity contribution is -0.111. The van der Waals surface area contributed by atoms with E-state index in [9.17, 15) is 4.79 Å². The van der Waals surface area contributed by atoms with Gasteiger partial charge in [0, 0.05) is 16.8 Å². The second-order valence-corrected chi connectivity index (χ2v) is 5.89. The molecule has 0 bridgehead atoms. The van der Waals surface area contributed by atoms with Crippen LogP contribution in [-0.4, -0.2) is 5.91 Å². The molecule has 0 spiro atoms. The van der Waals surface area contributed by atoms with Crippen molar-refractivity contribution < 1.29 is 4.79 Å². The van der Waals surface area contributed by atoms with Crippen LogP contribution in [0.15, 0.2) is 95.2 Å². The predicted molar refractivity (Wildman–Crippen MR) is 106 cm³/mol. The lowest BCUT2D eigenvalue weighted by Gasteiger charge is -2.02. The van der Waals surface area contributed by atoms with Crippen LogP contribution in [0.4, 0.5) is 17.1 Å². The Balaban J connectivity index is 1.57. The van der Waals surface area contributed by atoms with Gasteiger partial charge in [0.05, 0.1) is 11.4 Å². The van der Waals surface area contributed by atoms with E-state index >= 15 is 0 Å². The lowest BCUT2D eigenvalue weighted by Crippen LogP contribution is -2.07. The van der Waals surface area contributed by atoms with Crippen LogP contribution < -0.4 is 5.32 Å². The molecule has 4 nitrogen and oxygen atoms in total. The predicted octanol–water partition coefficient (Wildman–Crippen LogP) is 6.41. The van der Waals surface area contributed by atoms with Gasteiger partial charge < -0.3 is 5.32 Å². The van der Waals surface area contributed by atoms with Gasteiger partial charge in [-0.3, -0.25) is 4.79 Å². The normalized spacial score (nSPS) is 11.1. The first-order valence-corrected chi connectivity index (χ1v) is 8.38. The second-order valence-electron chi connectivity index (χ2n) is 5.46. The van der Waals surface area contributed by atoms with Crippen molar-refractivity contribution in [3.8, 4) is 0 Å². The summed E-state index contributed by atoms with van der Waals surface area (Å²) in [5, 5.41) is 11.8. The van der Waals surface area contributed by atoms with E-state index in [1.165, 1.54) is 6.08 Å². The van der Waals surface area contributed by atoms with Gasteiger partial charge in [-0.25, -0.2) is 0 Å². The standard InChI is InChI=1S/C21H16ClN3O/c22-17-9-6-16(7-10-17)8-15-21(26)23-18-11-13-20(14-12-18)25-24-19-4-2-1-3-5-19/h1-15H,(H,23,26). The average molecular weight is 362 g/mol. The van der Waals surface area contributed by atoms with Crippen molar-refractivity contribution in [3.05, 3.63) is 95.5 Å². The van der Waals surface area contributed by atoms with Crippen LogP contribution in [0.5, 0.6) is 0 Å². The van der Waals surface area contributed by atoms with Crippen LogP contribution in [0, 0.1) is 0 Å². The molecule has 0 fully saturated rings. The van der Waals surface area contributed by atoms with Crippen LogP contribution in [0.1, 0.15) is 5.56 Å². The Bertz CT molecular complexity index is 918. The van der Waals surface area contributed by atoms with E-state index in [4.69, 9.17) is 11.6 Å². The highest BCUT2D eigenvalue weighted by atomic mass is 35.5. The zero-order valence-electron chi connectivity index (χ0n) is 13.8. The minimum atomic E-state index is -0.210. The molecule has 3 aromatic carbocycles. The van der Waals surface area contributed by atoms with Crippen molar-refractivity contribution in [2.75, 3.05) is 5.32 Å². The number of halogens is 1. The number of benzene rings is 3. The third-order valence-electron chi connectivity index (χ3n) is 3.47. The number of carbonyl (C=O) groups excluding carboxylic acids is 1. The third-order valence-corrected chi connectivity index (χ3v) is 3.72. The maximum absolute atomic E-state index is 12.0. The van der Waals surface area contributed by atoms with Gasteiger partial charge >= 0.3 is 0 Å². The van der Waals surface area contributed by atoms with E-state index in [0.717, 1.165) is 11.3 Å². The Morgan fingerprint density at radius 1 is 0.808 bits per heavy atom. The summed E-state index contributed by atoms with van der Waals surface area (Å²) >= 11 is 5.83. The van der Waals surface area contributed by atoms with Crippen LogP contribution in [0.3, 0.4) is 0 Å². The number of hydrogen-bond donors (Lipinski definition) is 1. The van der Waals surface area contributed by atoms with Crippen molar-refractivity contribution in [2.45, 2.75) is 0 Å². The number of azo groups is 1. The highest BCUT2D eigenvalue weighted by Crippen LogP contribution is 2.20. The summed E-state index contributed by atoms with van der Waals surface area (Å²) in [5.41, 5.74) is 3.09. The topological polar surface area (TPSA) is 53.8 Å². The van der Waals surface area contributed by atoms with Gasteiger partial charge in [-0.2, -0.15) is 10.2 Å². The van der Waals surface area contributed by atoms with E-state index in [0.29, 0.717) is 16.4 Å². The fraction of sp³-hybridized carbons (Fsp3) is 0. The summed E-state index contributed by atoms with van der Waals surface area (Å²) < 4.78 is 0. The molecule has 0 heterocycles. The molecule has 3 aromatic rings.